The summed E-state index contributed by atoms with van der Waals surface area (Å²) in [6.07, 6.45) is 0. The zero-order chi connectivity index (χ0) is 9.78. The van der Waals surface area contributed by atoms with Crippen molar-refractivity contribution < 1.29 is 14.7 Å². The Bertz CT molecular complexity index is 193. The molecule has 0 radical (unpaired) electrons. The van der Waals surface area contributed by atoms with E-state index in [0.29, 0.717) is 0 Å². The summed E-state index contributed by atoms with van der Waals surface area (Å²) < 4.78 is 0. The average Bonchev–Trinajstić information content (AvgIpc) is 1.99. The fraction of sp³-hybridized carbons (Fsp3) is 0.667. The number of aliphatic carboxylic acids is 1. The molecule has 0 aliphatic rings. The Morgan fingerprint density at radius 2 is 2.17 bits per heavy atom. The van der Waals surface area contributed by atoms with Gasteiger partial charge in [-0.15, -0.1) is 11.6 Å². The molecule has 0 aliphatic carbocycles. The first-order chi connectivity index (χ1) is 5.40. The minimum Gasteiger partial charge on any atom is -0.480 e. The minimum absolute atomic E-state index is 0.236. The van der Waals surface area contributed by atoms with Gasteiger partial charge in [0.2, 0.25) is 0 Å². The highest BCUT2D eigenvalue weighted by molar-refractivity contribution is 6.28. The highest BCUT2D eigenvalue weighted by Crippen LogP contribution is 1.97. The Morgan fingerprint density at radius 3 is 2.50 bits per heavy atom. The predicted molar refractivity (Wildman–Crippen MR) is 44.0 cm³/mol. The van der Waals surface area contributed by atoms with Gasteiger partial charge in [-0.3, -0.25) is 14.9 Å². The number of alkyl halides is 1. The van der Waals surface area contributed by atoms with Gasteiger partial charge in [0.05, 0.1) is 12.4 Å². The third-order valence-electron chi connectivity index (χ3n) is 1.31. The summed E-state index contributed by atoms with van der Waals surface area (Å²) in [5, 5.41) is 10.6. The molecule has 0 aliphatic heterocycles. The second kappa shape index (κ2) is 4.39. The molecule has 0 aromatic rings. The molecule has 0 spiro atoms. The Labute approximate surface area is 74.9 Å². The number of hydrogen-bond acceptors (Lipinski definition) is 4. The van der Waals surface area contributed by atoms with E-state index in [0.717, 1.165) is 0 Å². The zero-order valence-corrected chi connectivity index (χ0v) is 7.39. The summed E-state index contributed by atoms with van der Waals surface area (Å²) in [4.78, 5) is 21.0. The predicted octanol–water partition coefficient (Wildman–Crippen LogP) is -0.857. The SMILES string of the molecule is CC(N)(NCC(=O)O)C(=O)CCl. The van der Waals surface area contributed by atoms with E-state index in [-0.39, 0.29) is 12.4 Å². The van der Waals surface area contributed by atoms with Gasteiger partial charge in [-0.2, -0.15) is 0 Å². The molecule has 0 heterocycles. The molecule has 0 aromatic heterocycles. The largest absolute Gasteiger partial charge is 0.480 e. The molecule has 0 amide bonds. The third kappa shape index (κ3) is 3.66. The number of carboxylic acids is 1. The van der Waals surface area contributed by atoms with Gasteiger partial charge in [0.25, 0.3) is 0 Å². The van der Waals surface area contributed by atoms with Gasteiger partial charge in [0, 0.05) is 0 Å². The van der Waals surface area contributed by atoms with Crippen molar-refractivity contribution in [2.75, 3.05) is 12.4 Å². The number of carbonyl (C=O) groups excluding carboxylic acids is 1. The Kier molecular flexibility index (Phi) is 4.16. The summed E-state index contributed by atoms with van der Waals surface area (Å²) in [6.45, 7) is 1.01. The molecule has 0 rings (SSSR count). The number of hydrogen-bond donors (Lipinski definition) is 3. The van der Waals surface area contributed by atoms with Crippen LogP contribution in [0.4, 0.5) is 0 Å². The summed E-state index contributed by atoms with van der Waals surface area (Å²) >= 11 is 5.23. The lowest BCUT2D eigenvalue weighted by molar-refractivity contribution is -0.136. The van der Waals surface area contributed by atoms with E-state index < -0.39 is 17.4 Å². The number of nitrogens with two attached hydrogens (primary N) is 1. The van der Waals surface area contributed by atoms with Crippen LogP contribution in [-0.2, 0) is 9.59 Å². The van der Waals surface area contributed by atoms with Crippen LogP contribution in [0, 0.1) is 0 Å². The molecule has 0 saturated heterocycles. The number of halogens is 1. The van der Waals surface area contributed by atoms with Gasteiger partial charge in [0.1, 0.15) is 5.66 Å². The maximum Gasteiger partial charge on any atom is 0.317 e. The van der Waals surface area contributed by atoms with E-state index in [4.69, 9.17) is 22.4 Å². The highest BCUT2D eigenvalue weighted by Gasteiger charge is 2.26. The molecule has 0 bridgehead atoms. The van der Waals surface area contributed by atoms with Crippen molar-refractivity contribution in [3.8, 4) is 0 Å². The molecular weight excluding hydrogens is 184 g/mol. The number of carboxylic acid groups (broad SMARTS) is 1. The number of nitrogens with one attached hydrogen (secondary N) is 1. The van der Waals surface area contributed by atoms with Crippen molar-refractivity contribution >= 4 is 23.4 Å². The molecule has 1 atom stereocenters. The fourth-order valence-electron chi connectivity index (χ4n) is 0.497. The van der Waals surface area contributed by atoms with Gasteiger partial charge in [-0.25, -0.2) is 0 Å². The lowest BCUT2D eigenvalue weighted by Crippen LogP contribution is -2.58. The van der Waals surface area contributed by atoms with Crippen molar-refractivity contribution in [2.45, 2.75) is 12.6 Å². The molecule has 12 heavy (non-hydrogen) atoms. The van der Waals surface area contributed by atoms with E-state index in [1.807, 2.05) is 0 Å². The summed E-state index contributed by atoms with van der Waals surface area (Å²) in [5.74, 6) is -1.75. The van der Waals surface area contributed by atoms with Crippen LogP contribution in [0.25, 0.3) is 0 Å². The maximum atomic E-state index is 10.9. The van der Waals surface area contributed by atoms with Crippen LogP contribution < -0.4 is 11.1 Å². The third-order valence-corrected chi connectivity index (χ3v) is 1.55. The molecule has 1 unspecified atom stereocenters. The monoisotopic (exact) mass is 194 g/mol. The summed E-state index contributed by atoms with van der Waals surface area (Å²) in [5.41, 5.74) is 4.05. The van der Waals surface area contributed by atoms with E-state index >= 15 is 0 Å². The average molecular weight is 195 g/mol. The van der Waals surface area contributed by atoms with Crippen molar-refractivity contribution in [3.63, 3.8) is 0 Å². The van der Waals surface area contributed by atoms with Crippen molar-refractivity contribution in [1.29, 1.82) is 0 Å². The van der Waals surface area contributed by atoms with Crippen molar-refractivity contribution in [1.82, 2.24) is 5.32 Å². The Morgan fingerprint density at radius 1 is 1.67 bits per heavy atom. The van der Waals surface area contributed by atoms with Gasteiger partial charge < -0.3 is 10.8 Å². The smallest absolute Gasteiger partial charge is 0.317 e. The van der Waals surface area contributed by atoms with Crippen LogP contribution in [0.3, 0.4) is 0 Å². The first kappa shape index (κ1) is 11.4. The number of ketones is 1. The zero-order valence-electron chi connectivity index (χ0n) is 6.63. The lowest BCUT2D eigenvalue weighted by Gasteiger charge is -2.22. The van der Waals surface area contributed by atoms with E-state index in [9.17, 15) is 9.59 Å². The molecule has 6 heteroatoms. The summed E-state index contributed by atoms with van der Waals surface area (Å²) in [7, 11) is 0. The maximum absolute atomic E-state index is 10.9. The molecule has 0 saturated carbocycles. The van der Waals surface area contributed by atoms with Crippen LogP contribution in [0.1, 0.15) is 6.92 Å². The topological polar surface area (TPSA) is 92.4 Å². The lowest BCUT2D eigenvalue weighted by atomic mass is 10.1. The Balaban J connectivity index is 4.03. The minimum atomic E-state index is -1.36. The number of Topliss-reactive ketones (excluding diaryl/α,β-unsaturated/α-hetero) is 1. The molecule has 4 N–H and O–H groups in total. The highest BCUT2D eigenvalue weighted by atomic mass is 35.5. The van der Waals surface area contributed by atoms with E-state index in [2.05, 4.69) is 5.32 Å². The van der Waals surface area contributed by atoms with Crippen LogP contribution in [0.2, 0.25) is 0 Å². The quantitative estimate of drug-likeness (QED) is 0.391. The van der Waals surface area contributed by atoms with Gasteiger partial charge in [0.15, 0.2) is 5.78 Å². The van der Waals surface area contributed by atoms with Crippen LogP contribution in [0.5, 0.6) is 0 Å². The molecule has 5 nitrogen and oxygen atoms in total. The fourth-order valence-corrected chi connectivity index (χ4v) is 0.774. The van der Waals surface area contributed by atoms with Gasteiger partial charge in [-0.05, 0) is 6.92 Å². The molecule has 0 fully saturated rings. The van der Waals surface area contributed by atoms with Crippen molar-refractivity contribution in [2.24, 2.45) is 5.73 Å². The normalized spacial score (nSPS) is 15.2. The second-order valence-corrected chi connectivity index (χ2v) is 2.77. The summed E-state index contributed by atoms with van der Waals surface area (Å²) in [6, 6.07) is 0. The molecule has 70 valence electrons. The molecular formula is C6H11ClN2O3. The standard InChI is InChI=1S/C6H11ClN2O3/c1-6(8,4(10)2-7)9-3-5(11)12/h9H,2-3,8H2,1H3,(H,11,12). The van der Waals surface area contributed by atoms with E-state index in [1.165, 1.54) is 6.92 Å². The van der Waals surface area contributed by atoms with E-state index in [1.54, 1.807) is 0 Å². The van der Waals surface area contributed by atoms with Crippen LogP contribution >= 0.6 is 11.6 Å². The molecule has 0 aromatic carbocycles. The van der Waals surface area contributed by atoms with Gasteiger partial charge in [-0.1, -0.05) is 0 Å². The van der Waals surface area contributed by atoms with Crippen LogP contribution in [-0.4, -0.2) is 34.9 Å². The van der Waals surface area contributed by atoms with Crippen molar-refractivity contribution in [3.05, 3.63) is 0 Å². The number of carbonyl (C=O) groups is 2. The Hall–Kier alpha value is -0.650. The first-order valence-electron chi connectivity index (χ1n) is 3.25. The van der Waals surface area contributed by atoms with Gasteiger partial charge >= 0.3 is 5.97 Å². The van der Waals surface area contributed by atoms with Crippen LogP contribution in [0.15, 0.2) is 0 Å². The second-order valence-electron chi connectivity index (χ2n) is 2.51. The first-order valence-corrected chi connectivity index (χ1v) is 3.78. The number of rotatable bonds is 5.